The van der Waals surface area contributed by atoms with Gasteiger partial charge in [0.25, 0.3) is 0 Å². The second-order valence-electron chi connectivity index (χ2n) is 4.98. The quantitative estimate of drug-likeness (QED) is 0.812. The van der Waals surface area contributed by atoms with E-state index in [0.717, 1.165) is 24.4 Å². The Morgan fingerprint density at radius 1 is 1.27 bits per heavy atom. The van der Waals surface area contributed by atoms with Crippen LogP contribution in [0.2, 0.25) is 0 Å². The van der Waals surface area contributed by atoms with Crippen molar-refractivity contribution in [1.82, 2.24) is 5.32 Å². The Bertz CT molecular complexity index is 567. The molecule has 0 unspecified atom stereocenters. The molecule has 5 heteroatoms. The molecule has 0 spiro atoms. The van der Waals surface area contributed by atoms with Gasteiger partial charge in [0.15, 0.2) is 0 Å². The van der Waals surface area contributed by atoms with Crippen LogP contribution in [-0.4, -0.2) is 26.1 Å². The lowest BCUT2D eigenvalue weighted by atomic mass is 10.2. The van der Waals surface area contributed by atoms with Gasteiger partial charge in [-0.05, 0) is 42.1 Å². The highest BCUT2D eigenvalue weighted by molar-refractivity contribution is 7.09. The highest BCUT2D eigenvalue weighted by Gasteiger charge is 2.12. The van der Waals surface area contributed by atoms with Crippen molar-refractivity contribution in [1.29, 1.82) is 0 Å². The predicted octanol–water partition coefficient (Wildman–Crippen LogP) is 3.29. The van der Waals surface area contributed by atoms with E-state index in [1.807, 2.05) is 37.3 Å². The number of nitrogens with zero attached hydrogens (tertiary/aromatic N) is 1. The molecule has 0 bridgehead atoms. The van der Waals surface area contributed by atoms with Crippen molar-refractivity contribution >= 4 is 22.9 Å². The topological polar surface area (TPSA) is 41.6 Å². The van der Waals surface area contributed by atoms with Crippen molar-refractivity contribution < 1.29 is 9.53 Å². The van der Waals surface area contributed by atoms with Crippen LogP contribution in [0.5, 0.6) is 5.75 Å². The van der Waals surface area contributed by atoms with Crippen molar-refractivity contribution in [2.45, 2.75) is 19.9 Å². The molecule has 0 saturated carbocycles. The van der Waals surface area contributed by atoms with Crippen LogP contribution in [0.4, 0.5) is 5.69 Å². The zero-order valence-electron chi connectivity index (χ0n) is 13.0. The van der Waals surface area contributed by atoms with Crippen molar-refractivity contribution in [2.75, 3.05) is 25.1 Å². The summed E-state index contributed by atoms with van der Waals surface area (Å²) in [6, 6.07) is 11.9. The molecule has 22 heavy (non-hydrogen) atoms. The number of carbonyl (C=O) groups is 1. The van der Waals surface area contributed by atoms with Gasteiger partial charge in [0, 0.05) is 17.1 Å². The van der Waals surface area contributed by atoms with Crippen LogP contribution in [0.1, 0.15) is 18.2 Å². The fourth-order valence-electron chi connectivity index (χ4n) is 2.12. The molecule has 2 aromatic rings. The zero-order valence-corrected chi connectivity index (χ0v) is 13.9. The Morgan fingerprint density at radius 3 is 2.64 bits per heavy atom. The molecular formula is C17H22N2O2S. The minimum Gasteiger partial charge on any atom is -0.497 e. The molecule has 1 aromatic heterocycles. The van der Waals surface area contributed by atoms with E-state index in [9.17, 15) is 4.79 Å². The van der Waals surface area contributed by atoms with Gasteiger partial charge in [-0.3, -0.25) is 4.79 Å². The smallest absolute Gasteiger partial charge is 0.239 e. The van der Waals surface area contributed by atoms with E-state index in [0.29, 0.717) is 13.1 Å². The predicted molar refractivity (Wildman–Crippen MR) is 91.7 cm³/mol. The van der Waals surface area contributed by atoms with Gasteiger partial charge in [-0.25, -0.2) is 0 Å². The van der Waals surface area contributed by atoms with E-state index in [1.165, 1.54) is 4.88 Å². The van der Waals surface area contributed by atoms with Gasteiger partial charge in [0.1, 0.15) is 5.75 Å². The number of anilines is 1. The Hall–Kier alpha value is -2.01. The Morgan fingerprint density at radius 2 is 2.05 bits per heavy atom. The molecule has 1 amide bonds. The highest BCUT2D eigenvalue weighted by Crippen LogP contribution is 2.22. The summed E-state index contributed by atoms with van der Waals surface area (Å²) in [5.74, 6) is 0.865. The van der Waals surface area contributed by atoms with Crippen LogP contribution >= 0.6 is 11.3 Å². The lowest BCUT2D eigenvalue weighted by Gasteiger charge is -2.24. The molecule has 0 aliphatic carbocycles. The van der Waals surface area contributed by atoms with E-state index in [4.69, 9.17) is 4.74 Å². The number of methoxy groups -OCH3 is 1. The molecule has 0 radical (unpaired) electrons. The summed E-state index contributed by atoms with van der Waals surface area (Å²) in [7, 11) is 1.65. The van der Waals surface area contributed by atoms with Gasteiger partial charge in [0.2, 0.25) is 5.91 Å². The maximum absolute atomic E-state index is 12.1. The maximum Gasteiger partial charge on any atom is 0.239 e. The Labute approximate surface area is 135 Å². The molecule has 0 aliphatic rings. The highest BCUT2D eigenvalue weighted by atomic mass is 32.1. The van der Waals surface area contributed by atoms with Crippen LogP contribution < -0.4 is 15.0 Å². The Kier molecular flexibility index (Phi) is 6.27. The molecule has 0 atom stereocenters. The van der Waals surface area contributed by atoms with Gasteiger partial charge in [0.05, 0.1) is 20.2 Å². The van der Waals surface area contributed by atoms with E-state index in [-0.39, 0.29) is 5.91 Å². The van der Waals surface area contributed by atoms with Crippen molar-refractivity contribution in [3.63, 3.8) is 0 Å². The number of hydrogen-bond acceptors (Lipinski definition) is 4. The average molecular weight is 318 g/mol. The van der Waals surface area contributed by atoms with Crippen LogP contribution in [-0.2, 0) is 11.3 Å². The fraction of sp³-hybridized carbons (Fsp3) is 0.353. The number of benzene rings is 1. The summed E-state index contributed by atoms with van der Waals surface area (Å²) in [5, 5.41) is 4.99. The molecule has 0 saturated heterocycles. The summed E-state index contributed by atoms with van der Waals surface area (Å²) >= 11 is 1.70. The molecule has 2 rings (SSSR count). The number of nitrogens with one attached hydrogen (secondary N) is 1. The lowest BCUT2D eigenvalue weighted by Crippen LogP contribution is -2.37. The first-order valence-electron chi connectivity index (χ1n) is 7.41. The average Bonchev–Trinajstić information content (AvgIpc) is 3.05. The SMILES string of the molecule is CCCNC(=O)CN(Cc1cccs1)c1ccc(OC)cc1. The fourth-order valence-corrected chi connectivity index (χ4v) is 2.84. The molecule has 1 heterocycles. The van der Waals surface area contributed by atoms with Crippen LogP contribution in [0.3, 0.4) is 0 Å². The number of thiophene rings is 1. The maximum atomic E-state index is 12.1. The Balaban J connectivity index is 2.10. The normalized spacial score (nSPS) is 10.3. The van der Waals surface area contributed by atoms with Crippen LogP contribution in [0.15, 0.2) is 41.8 Å². The molecule has 4 nitrogen and oxygen atoms in total. The van der Waals surface area contributed by atoms with Gasteiger partial charge in [-0.15, -0.1) is 11.3 Å². The summed E-state index contributed by atoms with van der Waals surface area (Å²) < 4.78 is 5.19. The molecule has 0 fully saturated rings. The summed E-state index contributed by atoms with van der Waals surface area (Å²) in [6.07, 6.45) is 0.944. The van der Waals surface area contributed by atoms with Gasteiger partial charge >= 0.3 is 0 Å². The number of carbonyl (C=O) groups excluding carboxylic acids is 1. The zero-order chi connectivity index (χ0) is 15.8. The molecule has 118 valence electrons. The molecular weight excluding hydrogens is 296 g/mol. The number of amides is 1. The minimum absolute atomic E-state index is 0.0502. The van der Waals surface area contributed by atoms with Crippen molar-refractivity contribution in [3.05, 3.63) is 46.7 Å². The number of hydrogen-bond donors (Lipinski definition) is 1. The largest absolute Gasteiger partial charge is 0.497 e. The summed E-state index contributed by atoms with van der Waals surface area (Å²) in [5.41, 5.74) is 1.01. The van der Waals surface area contributed by atoms with E-state index >= 15 is 0 Å². The van der Waals surface area contributed by atoms with Crippen molar-refractivity contribution in [3.8, 4) is 5.75 Å². The standard InChI is InChI=1S/C17H22N2O2S/c1-3-10-18-17(20)13-19(12-16-5-4-11-22-16)14-6-8-15(21-2)9-7-14/h4-9,11H,3,10,12-13H2,1-2H3,(H,18,20). The molecule has 1 aromatic carbocycles. The first kappa shape index (κ1) is 16.4. The van der Waals surface area contributed by atoms with Gasteiger partial charge in [-0.1, -0.05) is 13.0 Å². The monoisotopic (exact) mass is 318 g/mol. The summed E-state index contributed by atoms with van der Waals surface area (Å²) in [4.78, 5) is 15.4. The van der Waals surface area contributed by atoms with E-state index in [1.54, 1.807) is 18.4 Å². The second-order valence-corrected chi connectivity index (χ2v) is 6.02. The second kappa shape index (κ2) is 8.44. The lowest BCUT2D eigenvalue weighted by molar-refractivity contribution is -0.119. The third-order valence-electron chi connectivity index (χ3n) is 3.27. The van der Waals surface area contributed by atoms with E-state index in [2.05, 4.69) is 21.7 Å². The summed E-state index contributed by atoms with van der Waals surface area (Å²) in [6.45, 7) is 3.84. The van der Waals surface area contributed by atoms with Crippen LogP contribution in [0.25, 0.3) is 0 Å². The third-order valence-corrected chi connectivity index (χ3v) is 4.13. The number of ether oxygens (including phenoxy) is 1. The first-order valence-corrected chi connectivity index (χ1v) is 8.29. The molecule has 0 aliphatic heterocycles. The molecule has 1 N–H and O–H groups in total. The number of rotatable bonds is 8. The van der Waals surface area contributed by atoms with Gasteiger partial charge in [-0.2, -0.15) is 0 Å². The van der Waals surface area contributed by atoms with Gasteiger partial charge < -0.3 is 15.0 Å². The minimum atomic E-state index is 0.0502. The van der Waals surface area contributed by atoms with Crippen molar-refractivity contribution in [2.24, 2.45) is 0 Å². The van der Waals surface area contributed by atoms with E-state index < -0.39 is 0 Å². The first-order chi connectivity index (χ1) is 10.7. The van der Waals surface area contributed by atoms with Crippen LogP contribution in [0, 0.1) is 0 Å². The third kappa shape index (κ3) is 4.77.